The maximum atomic E-state index is 11.7. The number of carbonyl (C=O) groups excluding carboxylic acids is 1. The summed E-state index contributed by atoms with van der Waals surface area (Å²) in [6, 6.07) is 1.24. The van der Waals surface area contributed by atoms with Crippen LogP contribution in [-0.2, 0) is 16.0 Å². The van der Waals surface area contributed by atoms with E-state index in [9.17, 15) is 9.59 Å². The molecule has 1 aromatic rings. The summed E-state index contributed by atoms with van der Waals surface area (Å²) in [7, 11) is 1.37. The maximum absolute atomic E-state index is 11.7. The second-order valence-electron chi connectivity index (χ2n) is 5.00. The number of hydrogen-bond donors (Lipinski definition) is 2. The normalized spacial score (nSPS) is 12.4. The molecule has 7 heteroatoms. The quantitative estimate of drug-likeness (QED) is 0.428. The van der Waals surface area contributed by atoms with Gasteiger partial charge < -0.3 is 15.0 Å². The predicted molar refractivity (Wildman–Crippen MR) is 83.7 cm³/mol. The Hall–Kier alpha value is -1.34. The third kappa shape index (κ3) is 6.31. The summed E-state index contributed by atoms with van der Waals surface area (Å²) in [6.07, 6.45) is 1.70. The van der Waals surface area contributed by atoms with Gasteiger partial charge in [0.15, 0.2) is 5.16 Å². The topological polar surface area (TPSA) is 84.1 Å². The Morgan fingerprint density at radius 3 is 2.81 bits per heavy atom. The highest BCUT2D eigenvalue weighted by Crippen LogP contribution is 2.14. The highest BCUT2D eigenvalue weighted by atomic mass is 32.2. The second-order valence-corrected chi connectivity index (χ2v) is 6.01. The van der Waals surface area contributed by atoms with Crippen LogP contribution in [0.1, 0.15) is 32.9 Å². The van der Waals surface area contributed by atoms with E-state index in [-0.39, 0.29) is 17.6 Å². The van der Waals surface area contributed by atoms with Gasteiger partial charge in [-0.2, -0.15) is 0 Å². The molecule has 0 radical (unpaired) electrons. The number of nitrogens with zero attached hydrogens (tertiary/aromatic N) is 1. The Bertz CT molecular complexity index is 516. The van der Waals surface area contributed by atoms with Crippen molar-refractivity contribution in [2.45, 2.75) is 50.9 Å². The van der Waals surface area contributed by atoms with E-state index in [1.165, 1.54) is 24.9 Å². The number of H-pyrrole nitrogens is 1. The van der Waals surface area contributed by atoms with Gasteiger partial charge in [0, 0.05) is 23.6 Å². The molecule has 0 amide bonds. The lowest BCUT2D eigenvalue weighted by molar-refractivity contribution is -0.142. The molecule has 0 spiro atoms. The molecule has 6 nitrogen and oxygen atoms in total. The van der Waals surface area contributed by atoms with Gasteiger partial charge in [0.25, 0.3) is 5.56 Å². The van der Waals surface area contributed by atoms with Crippen molar-refractivity contribution in [3.05, 3.63) is 22.1 Å². The molecular weight excluding hydrogens is 290 g/mol. The van der Waals surface area contributed by atoms with E-state index in [0.717, 1.165) is 18.5 Å². The fourth-order valence-corrected chi connectivity index (χ4v) is 2.74. The highest BCUT2D eigenvalue weighted by molar-refractivity contribution is 7.99. The van der Waals surface area contributed by atoms with Gasteiger partial charge in [0.1, 0.15) is 6.04 Å². The summed E-state index contributed by atoms with van der Waals surface area (Å²) in [5.74, 6) is 0.131. The molecule has 118 valence electrons. The summed E-state index contributed by atoms with van der Waals surface area (Å²) in [5, 5.41) is 3.67. The van der Waals surface area contributed by atoms with Crippen molar-refractivity contribution in [3.63, 3.8) is 0 Å². The first-order valence-corrected chi connectivity index (χ1v) is 8.01. The van der Waals surface area contributed by atoms with Crippen molar-refractivity contribution in [2.75, 3.05) is 12.9 Å². The number of aryl methyl sites for hydroxylation is 1. The molecular formula is C14H23N3O3S. The largest absolute Gasteiger partial charge is 0.468 e. The molecule has 0 bridgehead atoms. The van der Waals surface area contributed by atoms with E-state index in [1.54, 1.807) is 0 Å². The van der Waals surface area contributed by atoms with E-state index in [1.807, 2.05) is 20.8 Å². The Labute approximate surface area is 129 Å². The Morgan fingerprint density at radius 1 is 1.52 bits per heavy atom. The van der Waals surface area contributed by atoms with Crippen molar-refractivity contribution in [3.8, 4) is 0 Å². The predicted octanol–water partition coefficient (Wildman–Crippen LogP) is 1.35. The molecule has 0 aliphatic heterocycles. The molecule has 1 heterocycles. The molecule has 0 aliphatic rings. The number of thioether (sulfide) groups is 1. The van der Waals surface area contributed by atoms with Crippen LogP contribution in [-0.4, -0.2) is 40.9 Å². The molecule has 1 aromatic heterocycles. The van der Waals surface area contributed by atoms with Gasteiger partial charge in [-0.05, 0) is 6.42 Å². The highest BCUT2D eigenvalue weighted by Gasteiger charge is 2.20. The van der Waals surface area contributed by atoms with Gasteiger partial charge in [-0.1, -0.05) is 39.0 Å². The molecule has 0 saturated carbocycles. The van der Waals surface area contributed by atoms with E-state index < -0.39 is 6.04 Å². The van der Waals surface area contributed by atoms with E-state index in [0.29, 0.717) is 10.9 Å². The molecule has 2 N–H and O–H groups in total. The van der Waals surface area contributed by atoms with Crippen molar-refractivity contribution in [1.29, 1.82) is 0 Å². The van der Waals surface area contributed by atoms with E-state index in [4.69, 9.17) is 4.74 Å². The Morgan fingerprint density at radius 2 is 2.24 bits per heavy atom. The smallest absolute Gasteiger partial charge is 0.323 e. The van der Waals surface area contributed by atoms with Crippen molar-refractivity contribution in [2.24, 2.45) is 0 Å². The third-order valence-corrected chi connectivity index (χ3v) is 3.65. The number of carbonyl (C=O) groups is 1. The minimum Gasteiger partial charge on any atom is -0.468 e. The number of aromatic amines is 1. The van der Waals surface area contributed by atoms with Crippen molar-refractivity contribution >= 4 is 17.7 Å². The molecule has 1 unspecified atom stereocenters. The first-order valence-electron chi connectivity index (χ1n) is 7.03. The minimum absolute atomic E-state index is 0.160. The number of hydrogen-bond acceptors (Lipinski definition) is 6. The molecule has 1 rings (SSSR count). The molecule has 1 atom stereocenters. The summed E-state index contributed by atoms with van der Waals surface area (Å²) >= 11 is 1.34. The van der Waals surface area contributed by atoms with Crippen LogP contribution < -0.4 is 10.9 Å². The van der Waals surface area contributed by atoms with E-state index in [2.05, 4.69) is 15.3 Å². The van der Waals surface area contributed by atoms with Crippen LogP contribution in [0.3, 0.4) is 0 Å². The molecule has 0 fully saturated rings. The zero-order valence-corrected chi connectivity index (χ0v) is 13.8. The van der Waals surface area contributed by atoms with Crippen LogP contribution in [0.2, 0.25) is 0 Å². The maximum Gasteiger partial charge on any atom is 0.323 e. The van der Waals surface area contributed by atoms with Gasteiger partial charge in [0.2, 0.25) is 0 Å². The number of aromatic nitrogens is 2. The monoisotopic (exact) mass is 313 g/mol. The molecule has 0 aromatic carbocycles. The van der Waals surface area contributed by atoms with Crippen molar-refractivity contribution in [1.82, 2.24) is 15.3 Å². The van der Waals surface area contributed by atoms with Gasteiger partial charge in [-0.15, -0.1) is 0 Å². The summed E-state index contributed by atoms with van der Waals surface area (Å²) in [5.41, 5.74) is 0.609. The number of rotatable bonds is 8. The number of nitrogens with one attached hydrogen (secondary N) is 2. The van der Waals surface area contributed by atoms with Crippen LogP contribution >= 0.6 is 11.8 Å². The van der Waals surface area contributed by atoms with Gasteiger partial charge in [-0.3, -0.25) is 9.59 Å². The summed E-state index contributed by atoms with van der Waals surface area (Å²) in [4.78, 5) is 30.4. The second kappa shape index (κ2) is 8.84. The van der Waals surface area contributed by atoms with Gasteiger partial charge in [0.05, 0.1) is 7.11 Å². The summed E-state index contributed by atoms with van der Waals surface area (Å²) < 4.78 is 4.78. The summed E-state index contributed by atoms with van der Waals surface area (Å²) in [6.45, 7) is 5.96. The van der Waals surface area contributed by atoms with Crippen LogP contribution in [0.4, 0.5) is 0 Å². The van der Waals surface area contributed by atoms with Crippen LogP contribution in [0.5, 0.6) is 0 Å². The SMILES string of the molecule is CCCc1cc(=O)[nH]c(SCC(NC(C)C)C(=O)OC)n1. The molecule has 0 saturated heterocycles. The minimum atomic E-state index is -0.430. The van der Waals surface area contributed by atoms with Crippen molar-refractivity contribution < 1.29 is 9.53 Å². The van der Waals surface area contributed by atoms with Crippen LogP contribution in [0.15, 0.2) is 16.0 Å². The first-order chi connectivity index (χ1) is 9.96. The van der Waals surface area contributed by atoms with Gasteiger partial charge in [-0.25, -0.2) is 4.98 Å². The molecule has 0 aliphatic carbocycles. The van der Waals surface area contributed by atoms with Gasteiger partial charge >= 0.3 is 5.97 Å². The lowest BCUT2D eigenvalue weighted by Crippen LogP contribution is -2.43. The zero-order chi connectivity index (χ0) is 15.8. The zero-order valence-electron chi connectivity index (χ0n) is 12.9. The van der Waals surface area contributed by atoms with E-state index >= 15 is 0 Å². The average Bonchev–Trinajstić information content (AvgIpc) is 2.42. The van der Waals surface area contributed by atoms with Crippen LogP contribution in [0, 0.1) is 0 Å². The fraction of sp³-hybridized carbons (Fsp3) is 0.643. The Kier molecular flexibility index (Phi) is 7.45. The number of methoxy groups -OCH3 is 1. The number of ether oxygens (including phenoxy) is 1. The fourth-order valence-electron chi connectivity index (χ4n) is 1.83. The third-order valence-electron chi connectivity index (χ3n) is 2.69. The number of esters is 1. The first kappa shape index (κ1) is 17.7. The molecule has 21 heavy (non-hydrogen) atoms. The average molecular weight is 313 g/mol. The van der Waals surface area contributed by atoms with Crippen LogP contribution in [0.25, 0.3) is 0 Å². The standard InChI is InChI=1S/C14H23N3O3S/c1-5-6-10-7-12(18)17-14(16-10)21-8-11(13(19)20-4)15-9(2)3/h7,9,11,15H,5-6,8H2,1-4H3,(H,16,17,18). The lowest BCUT2D eigenvalue weighted by Gasteiger charge is -2.18. The Balaban J connectivity index is 2.75. The lowest BCUT2D eigenvalue weighted by atomic mass is 10.2.